The smallest absolute Gasteiger partial charge is 0.336 e. The highest BCUT2D eigenvalue weighted by Crippen LogP contribution is 2.31. The molecule has 0 aliphatic carbocycles. The summed E-state index contributed by atoms with van der Waals surface area (Å²) in [4.78, 5) is 22.0. The third-order valence-electron chi connectivity index (χ3n) is 5.71. The highest BCUT2D eigenvalue weighted by molar-refractivity contribution is 6.05. The molecule has 0 unspecified atom stereocenters. The lowest BCUT2D eigenvalue weighted by Gasteiger charge is -2.35. The van der Waals surface area contributed by atoms with Crippen molar-refractivity contribution in [3.05, 3.63) is 65.7 Å². The van der Waals surface area contributed by atoms with Gasteiger partial charge in [0.15, 0.2) is 0 Å². The Hall–Kier alpha value is -2.80. The van der Waals surface area contributed by atoms with Crippen molar-refractivity contribution in [3.8, 4) is 11.3 Å². The number of pyridine rings is 1. The van der Waals surface area contributed by atoms with Crippen molar-refractivity contribution in [3.63, 3.8) is 0 Å². The summed E-state index contributed by atoms with van der Waals surface area (Å²) >= 11 is 0. The maximum Gasteiger partial charge on any atom is 0.336 e. The minimum Gasteiger partial charge on any atom is -0.478 e. The number of hydrogen-bond donors (Lipinski definition) is 1. The van der Waals surface area contributed by atoms with Gasteiger partial charge in [-0.3, -0.25) is 9.80 Å². The molecule has 6 nitrogen and oxygen atoms in total. The van der Waals surface area contributed by atoms with Gasteiger partial charge in [0.2, 0.25) is 0 Å². The van der Waals surface area contributed by atoms with E-state index < -0.39 is 5.97 Å². The number of benzene rings is 2. The molecule has 6 heteroatoms. The van der Waals surface area contributed by atoms with E-state index in [0.717, 1.165) is 56.2 Å². The lowest BCUT2D eigenvalue weighted by molar-refractivity contribution is 0.0693. The van der Waals surface area contributed by atoms with Crippen molar-refractivity contribution in [2.24, 2.45) is 0 Å². The van der Waals surface area contributed by atoms with E-state index in [-0.39, 0.29) is 0 Å². The fraction of sp³-hybridized carbons (Fsp3) is 0.333. The number of para-hydroxylation sites is 1. The molecule has 2 aromatic carbocycles. The van der Waals surface area contributed by atoms with Crippen LogP contribution in [0.3, 0.4) is 0 Å². The van der Waals surface area contributed by atoms with Gasteiger partial charge >= 0.3 is 5.97 Å². The predicted octanol–water partition coefficient (Wildman–Crippen LogP) is 3.36. The first-order valence-corrected chi connectivity index (χ1v) is 10.3. The van der Waals surface area contributed by atoms with Gasteiger partial charge in [0.05, 0.1) is 23.4 Å². The standard InChI is InChI=1S/C24H27N3O3/c1-30-16-15-26-11-13-27(14-12-26)17-20-22(24(28)29)19-9-5-6-10-21(19)25-23(20)18-7-3-2-4-8-18/h2-10H,11-17H2,1H3,(H,28,29). The molecule has 0 atom stereocenters. The van der Waals surface area contributed by atoms with Crippen LogP contribution in [0.5, 0.6) is 0 Å². The summed E-state index contributed by atoms with van der Waals surface area (Å²) in [6, 6.07) is 17.4. The molecule has 3 aromatic rings. The molecule has 0 radical (unpaired) electrons. The van der Waals surface area contributed by atoms with E-state index >= 15 is 0 Å². The van der Waals surface area contributed by atoms with E-state index in [9.17, 15) is 9.90 Å². The number of fused-ring (bicyclic) bond motifs is 1. The number of rotatable bonds is 7. The number of hydrogen-bond acceptors (Lipinski definition) is 5. The molecular weight excluding hydrogens is 378 g/mol. The zero-order valence-electron chi connectivity index (χ0n) is 17.3. The SMILES string of the molecule is COCCN1CCN(Cc2c(-c3ccccc3)nc3ccccc3c2C(=O)O)CC1. The van der Waals surface area contributed by atoms with Gasteiger partial charge in [-0.15, -0.1) is 0 Å². The van der Waals surface area contributed by atoms with Crippen molar-refractivity contribution in [1.82, 2.24) is 14.8 Å². The van der Waals surface area contributed by atoms with Gasteiger partial charge in [-0.2, -0.15) is 0 Å². The summed E-state index contributed by atoms with van der Waals surface area (Å²) in [6.45, 7) is 5.92. The second kappa shape index (κ2) is 9.34. The molecule has 1 saturated heterocycles. The van der Waals surface area contributed by atoms with Crippen LogP contribution in [-0.4, -0.2) is 72.3 Å². The Bertz CT molecular complexity index is 1010. The zero-order chi connectivity index (χ0) is 20.9. The maximum absolute atomic E-state index is 12.4. The van der Waals surface area contributed by atoms with Crippen LogP contribution in [0.2, 0.25) is 0 Å². The first-order valence-electron chi connectivity index (χ1n) is 10.3. The highest BCUT2D eigenvalue weighted by Gasteiger charge is 2.24. The van der Waals surface area contributed by atoms with E-state index in [4.69, 9.17) is 9.72 Å². The van der Waals surface area contributed by atoms with E-state index in [0.29, 0.717) is 23.0 Å². The topological polar surface area (TPSA) is 65.9 Å². The van der Waals surface area contributed by atoms with Crippen LogP contribution in [0.15, 0.2) is 54.6 Å². The van der Waals surface area contributed by atoms with Crippen molar-refractivity contribution >= 4 is 16.9 Å². The fourth-order valence-electron chi connectivity index (χ4n) is 4.10. The summed E-state index contributed by atoms with van der Waals surface area (Å²) in [6.07, 6.45) is 0. The molecule has 30 heavy (non-hydrogen) atoms. The molecule has 0 saturated carbocycles. The third-order valence-corrected chi connectivity index (χ3v) is 5.71. The molecule has 1 aliphatic heterocycles. The number of carboxylic acid groups (broad SMARTS) is 1. The Morgan fingerprint density at radius 3 is 2.37 bits per heavy atom. The Morgan fingerprint density at radius 2 is 1.67 bits per heavy atom. The van der Waals surface area contributed by atoms with Crippen LogP contribution in [0.25, 0.3) is 22.2 Å². The van der Waals surface area contributed by atoms with E-state index in [1.807, 2.05) is 54.6 Å². The van der Waals surface area contributed by atoms with Crippen LogP contribution < -0.4 is 0 Å². The summed E-state index contributed by atoms with van der Waals surface area (Å²) in [7, 11) is 1.72. The molecular formula is C24H27N3O3. The molecule has 0 bridgehead atoms. The second-order valence-corrected chi connectivity index (χ2v) is 7.61. The average molecular weight is 405 g/mol. The fourth-order valence-corrected chi connectivity index (χ4v) is 4.10. The minimum atomic E-state index is -0.903. The molecule has 1 N–H and O–H groups in total. The first-order chi connectivity index (χ1) is 14.7. The maximum atomic E-state index is 12.4. The number of aromatic nitrogens is 1. The molecule has 156 valence electrons. The molecule has 4 rings (SSSR count). The Labute approximate surface area is 176 Å². The van der Waals surface area contributed by atoms with Crippen molar-refractivity contribution in [1.29, 1.82) is 0 Å². The van der Waals surface area contributed by atoms with Gasteiger partial charge in [0.1, 0.15) is 0 Å². The monoisotopic (exact) mass is 405 g/mol. The average Bonchev–Trinajstić information content (AvgIpc) is 2.78. The molecule has 0 amide bonds. The Morgan fingerprint density at radius 1 is 1.00 bits per heavy atom. The summed E-state index contributed by atoms with van der Waals surface area (Å²) < 4.78 is 5.19. The normalized spacial score (nSPS) is 15.5. The lowest BCUT2D eigenvalue weighted by atomic mass is 9.96. The number of aromatic carboxylic acids is 1. The van der Waals surface area contributed by atoms with Crippen LogP contribution >= 0.6 is 0 Å². The zero-order valence-corrected chi connectivity index (χ0v) is 17.3. The third kappa shape index (κ3) is 4.36. The van der Waals surface area contributed by atoms with E-state index in [1.54, 1.807) is 7.11 Å². The molecule has 0 spiro atoms. The number of piperazine rings is 1. The minimum absolute atomic E-state index is 0.362. The van der Waals surface area contributed by atoms with Crippen LogP contribution in [0, 0.1) is 0 Å². The van der Waals surface area contributed by atoms with Gasteiger partial charge in [-0.25, -0.2) is 9.78 Å². The molecule has 1 aromatic heterocycles. The van der Waals surface area contributed by atoms with Gasteiger partial charge in [-0.1, -0.05) is 48.5 Å². The Kier molecular flexibility index (Phi) is 6.38. The predicted molar refractivity (Wildman–Crippen MR) is 118 cm³/mol. The number of nitrogens with zero attached hydrogens (tertiary/aromatic N) is 3. The number of ether oxygens (including phenoxy) is 1. The van der Waals surface area contributed by atoms with Gasteiger partial charge in [0, 0.05) is 62.9 Å². The van der Waals surface area contributed by atoms with Crippen molar-refractivity contribution in [2.75, 3.05) is 46.4 Å². The summed E-state index contributed by atoms with van der Waals surface area (Å²) in [5.74, 6) is -0.903. The number of carboxylic acids is 1. The molecule has 2 heterocycles. The molecule has 1 fully saturated rings. The Balaban J connectivity index is 1.72. The van der Waals surface area contributed by atoms with Crippen LogP contribution in [0.1, 0.15) is 15.9 Å². The van der Waals surface area contributed by atoms with E-state index in [1.165, 1.54) is 0 Å². The van der Waals surface area contributed by atoms with E-state index in [2.05, 4.69) is 9.80 Å². The van der Waals surface area contributed by atoms with Crippen LogP contribution in [0.4, 0.5) is 0 Å². The largest absolute Gasteiger partial charge is 0.478 e. The number of carbonyl (C=O) groups is 1. The lowest BCUT2D eigenvalue weighted by Crippen LogP contribution is -2.47. The first kappa shape index (κ1) is 20.5. The summed E-state index contributed by atoms with van der Waals surface area (Å²) in [5, 5.41) is 10.8. The van der Waals surface area contributed by atoms with Crippen molar-refractivity contribution < 1.29 is 14.6 Å². The number of methoxy groups -OCH3 is 1. The quantitative estimate of drug-likeness (QED) is 0.650. The summed E-state index contributed by atoms with van der Waals surface area (Å²) in [5.41, 5.74) is 3.56. The van der Waals surface area contributed by atoms with Gasteiger partial charge in [0.25, 0.3) is 0 Å². The highest BCUT2D eigenvalue weighted by atomic mass is 16.5. The second-order valence-electron chi connectivity index (χ2n) is 7.61. The van der Waals surface area contributed by atoms with Gasteiger partial charge < -0.3 is 9.84 Å². The molecule has 1 aliphatic rings. The van der Waals surface area contributed by atoms with Crippen molar-refractivity contribution in [2.45, 2.75) is 6.54 Å². The van der Waals surface area contributed by atoms with Gasteiger partial charge in [-0.05, 0) is 6.07 Å². The van der Waals surface area contributed by atoms with Crippen LogP contribution in [-0.2, 0) is 11.3 Å².